The van der Waals surface area contributed by atoms with Crippen LogP contribution in [0.2, 0.25) is 0 Å². The molecule has 0 radical (unpaired) electrons. The predicted molar refractivity (Wildman–Crippen MR) is 87.8 cm³/mol. The normalized spacial score (nSPS) is 26.1. The fourth-order valence-corrected chi connectivity index (χ4v) is 3.90. The van der Waals surface area contributed by atoms with Crippen LogP contribution in [0.1, 0.15) is 62.6 Å². The molecular formula is C19H30O2. The lowest BCUT2D eigenvalue weighted by molar-refractivity contribution is -0.0261. The van der Waals surface area contributed by atoms with Gasteiger partial charge in [0.2, 0.25) is 0 Å². The summed E-state index contributed by atoms with van der Waals surface area (Å²) in [6.07, 6.45) is 5.26. The summed E-state index contributed by atoms with van der Waals surface area (Å²) in [5.41, 5.74) is 2.63. The quantitative estimate of drug-likeness (QED) is 0.868. The number of methoxy groups -OCH3 is 1. The fourth-order valence-electron chi connectivity index (χ4n) is 3.90. The highest BCUT2D eigenvalue weighted by atomic mass is 16.5. The van der Waals surface area contributed by atoms with Gasteiger partial charge in [-0.1, -0.05) is 32.4 Å². The molecule has 2 atom stereocenters. The summed E-state index contributed by atoms with van der Waals surface area (Å²) in [5, 5.41) is 11.3. The van der Waals surface area contributed by atoms with E-state index >= 15 is 0 Å². The smallest absolute Gasteiger partial charge is 0.128 e. The van der Waals surface area contributed by atoms with Crippen LogP contribution in [0.25, 0.3) is 0 Å². The first kappa shape index (κ1) is 16.4. The van der Waals surface area contributed by atoms with E-state index in [-0.39, 0.29) is 0 Å². The molecule has 2 unspecified atom stereocenters. The Kier molecular flexibility index (Phi) is 4.98. The average Bonchev–Trinajstić information content (AvgIpc) is 2.40. The fraction of sp³-hybridized carbons (Fsp3) is 0.684. The van der Waals surface area contributed by atoms with E-state index in [2.05, 4.69) is 39.8 Å². The second-order valence-corrected chi connectivity index (χ2v) is 7.21. The topological polar surface area (TPSA) is 29.5 Å². The predicted octanol–water partition coefficient (Wildman–Crippen LogP) is 4.74. The Morgan fingerprint density at radius 3 is 2.67 bits per heavy atom. The van der Waals surface area contributed by atoms with Crippen molar-refractivity contribution in [2.75, 3.05) is 7.11 Å². The van der Waals surface area contributed by atoms with Crippen molar-refractivity contribution in [3.63, 3.8) is 0 Å². The van der Waals surface area contributed by atoms with Gasteiger partial charge in [-0.05, 0) is 62.5 Å². The average molecular weight is 290 g/mol. The Morgan fingerprint density at radius 2 is 2.05 bits per heavy atom. The monoisotopic (exact) mass is 290 g/mol. The van der Waals surface area contributed by atoms with Gasteiger partial charge < -0.3 is 9.84 Å². The highest BCUT2D eigenvalue weighted by Crippen LogP contribution is 2.46. The van der Waals surface area contributed by atoms with E-state index in [0.717, 1.165) is 36.1 Å². The molecule has 1 aromatic carbocycles. The van der Waals surface area contributed by atoms with Crippen LogP contribution in [0.4, 0.5) is 0 Å². The van der Waals surface area contributed by atoms with Gasteiger partial charge in [0.05, 0.1) is 12.7 Å². The van der Waals surface area contributed by atoms with Crippen molar-refractivity contribution in [1.82, 2.24) is 0 Å². The van der Waals surface area contributed by atoms with Gasteiger partial charge in [0.1, 0.15) is 5.75 Å². The van der Waals surface area contributed by atoms with E-state index in [1.54, 1.807) is 7.11 Å². The van der Waals surface area contributed by atoms with E-state index in [0.29, 0.717) is 11.8 Å². The molecule has 1 aliphatic rings. The molecule has 0 heterocycles. The lowest BCUT2D eigenvalue weighted by Crippen LogP contribution is -2.33. The molecule has 0 bridgehead atoms. The number of hydrogen-bond donors (Lipinski definition) is 1. The number of aryl methyl sites for hydroxylation is 1. The lowest BCUT2D eigenvalue weighted by Gasteiger charge is -2.39. The summed E-state index contributed by atoms with van der Waals surface area (Å²) >= 11 is 0. The van der Waals surface area contributed by atoms with E-state index in [1.165, 1.54) is 18.4 Å². The largest absolute Gasteiger partial charge is 0.496 e. The van der Waals surface area contributed by atoms with Gasteiger partial charge in [-0.15, -0.1) is 0 Å². The highest BCUT2D eigenvalue weighted by molar-refractivity contribution is 5.48. The van der Waals surface area contributed by atoms with Crippen LogP contribution in [-0.4, -0.2) is 12.2 Å². The number of benzene rings is 1. The van der Waals surface area contributed by atoms with E-state index in [1.807, 2.05) is 0 Å². The van der Waals surface area contributed by atoms with Gasteiger partial charge in [-0.25, -0.2) is 0 Å². The minimum absolute atomic E-state index is 0.620. The maximum Gasteiger partial charge on any atom is 0.128 e. The van der Waals surface area contributed by atoms with Crippen LogP contribution in [0.5, 0.6) is 5.75 Å². The molecule has 1 aliphatic carbocycles. The molecule has 118 valence electrons. The zero-order valence-corrected chi connectivity index (χ0v) is 14.2. The third-order valence-corrected chi connectivity index (χ3v) is 5.02. The second-order valence-electron chi connectivity index (χ2n) is 7.21. The minimum Gasteiger partial charge on any atom is -0.496 e. The standard InChI is InChI=1S/C19H30O2/c1-13(2)11-16-7-6-10-19(20,12-16)17-9-8-14(3)15(4)18(17)21-5/h8-9,13,16,20H,6-7,10-12H2,1-5H3. The van der Waals surface area contributed by atoms with Crippen LogP contribution < -0.4 is 4.74 Å². The van der Waals surface area contributed by atoms with Gasteiger partial charge in [-0.3, -0.25) is 0 Å². The number of rotatable bonds is 4. The molecule has 1 saturated carbocycles. The second kappa shape index (κ2) is 6.39. The zero-order valence-electron chi connectivity index (χ0n) is 14.2. The highest BCUT2D eigenvalue weighted by Gasteiger charge is 2.38. The SMILES string of the molecule is COc1c(C2(O)CCCC(CC(C)C)C2)ccc(C)c1C. The van der Waals surface area contributed by atoms with Crippen LogP contribution in [0.3, 0.4) is 0 Å². The van der Waals surface area contributed by atoms with Crippen LogP contribution in [0, 0.1) is 25.7 Å². The Labute approximate surface area is 129 Å². The van der Waals surface area contributed by atoms with E-state index in [9.17, 15) is 5.11 Å². The number of ether oxygens (including phenoxy) is 1. The number of hydrogen-bond acceptors (Lipinski definition) is 2. The van der Waals surface area contributed by atoms with Gasteiger partial charge in [0, 0.05) is 5.56 Å². The molecule has 1 fully saturated rings. The summed E-state index contributed by atoms with van der Waals surface area (Å²) in [4.78, 5) is 0. The van der Waals surface area contributed by atoms with Gasteiger partial charge in [0.15, 0.2) is 0 Å². The molecular weight excluding hydrogens is 260 g/mol. The van der Waals surface area contributed by atoms with Crippen molar-refractivity contribution >= 4 is 0 Å². The van der Waals surface area contributed by atoms with E-state index < -0.39 is 5.60 Å². The third-order valence-electron chi connectivity index (χ3n) is 5.02. The van der Waals surface area contributed by atoms with Crippen molar-refractivity contribution in [1.29, 1.82) is 0 Å². The maximum absolute atomic E-state index is 11.3. The number of aliphatic hydroxyl groups is 1. The first-order valence-electron chi connectivity index (χ1n) is 8.24. The maximum atomic E-state index is 11.3. The summed E-state index contributed by atoms with van der Waals surface area (Å²) in [6.45, 7) is 8.71. The third kappa shape index (κ3) is 3.42. The molecule has 2 nitrogen and oxygen atoms in total. The summed E-state index contributed by atoms with van der Waals surface area (Å²) < 4.78 is 5.63. The first-order valence-corrected chi connectivity index (χ1v) is 8.24. The zero-order chi connectivity index (χ0) is 15.6. The molecule has 2 rings (SSSR count). The van der Waals surface area contributed by atoms with E-state index in [4.69, 9.17) is 4.74 Å². The Morgan fingerprint density at radius 1 is 1.33 bits per heavy atom. The molecule has 0 aromatic heterocycles. The van der Waals surface area contributed by atoms with Crippen LogP contribution in [0.15, 0.2) is 12.1 Å². The molecule has 21 heavy (non-hydrogen) atoms. The van der Waals surface area contributed by atoms with Crippen LogP contribution >= 0.6 is 0 Å². The molecule has 0 aliphatic heterocycles. The van der Waals surface area contributed by atoms with Gasteiger partial charge in [-0.2, -0.15) is 0 Å². The van der Waals surface area contributed by atoms with Crippen molar-refractivity contribution in [3.8, 4) is 5.75 Å². The molecule has 2 heteroatoms. The van der Waals surface area contributed by atoms with Gasteiger partial charge >= 0.3 is 0 Å². The van der Waals surface area contributed by atoms with Crippen molar-refractivity contribution < 1.29 is 9.84 Å². The molecule has 0 amide bonds. The Hall–Kier alpha value is -1.02. The Bertz CT molecular complexity index is 493. The van der Waals surface area contributed by atoms with Crippen molar-refractivity contribution in [2.45, 2.75) is 65.4 Å². The summed E-state index contributed by atoms with van der Waals surface area (Å²) in [6, 6.07) is 4.18. The first-order chi connectivity index (χ1) is 9.87. The summed E-state index contributed by atoms with van der Waals surface area (Å²) in [5.74, 6) is 2.19. The minimum atomic E-state index is -0.721. The Balaban J connectivity index is 2.33. The summed E-state index contributed by atoms with van der Waals surface area (Å²) in [7, 11) is 1.71. The van der Waals surface area contributed by atoms with Crippen LogP contribution in [-0.2, 0) is 5.60 Å². The van der Waals surface area contributed by atoms with Gasteiger partial charge in [0.25, 0.3) is 0 Å². The molecule has 0 saturated heterocycles. The lowest BCUT2D eigenvalue weighted by atomic mass is 9.71. The van der Waals surface area contributed by atoms with Crippen molar-refractivity contribution in [3.05, 3.63) is 28.8 Å². The van der Waals surface area contributed by atoms with Crippen molar-refractivity contribution in [2.24, 2.45) is 11.8 Å². The molecule has 1 N–H and O–H groups in total. The molecule has 0 spiro atoms. The molecule has 1 aromatic rings.